The van der Waals surface area contributed by atoms with Crippen LogP contribution in [0.2, 0.25) is 0 Å². The maximum absolute atomic E-state index is 12.9. The first-order chi connectivity index (χ1) is 16.1. The quantitative estimate of drug-likeness (QED) is 0.465. The van der Waals surface area contributed by atoms with Crippen LogP contribution in [0.25, 0.3) is 0 Å². The summed E-state index contributed by atoms with van der Waals surface area (Å²) in [5.74, 6) is 2.61. The predicted molar refractivity (Wildman–Crippen MR) is 150 cm³/mol. The molecule has 8 heteroatoms. The number of halogens is 1. The van der Waals surface area contributed by atoms with E-state index in [2.05, 4.69) is 57.8 Å². The lowest BCUT2D eigenvalue weighted by Gasteiger charge is -2.33. The van der Waals surface area contributed by atoms with Crippen molar-refractivity contribution in [3.05, 3.63) is 35.9 Å². The van der Waals surface area contributed by atoms with Gasteiger partial charge in [0, 0.05) is 44.4 Å². The molecule has 0 spiro atoms. The minimum Gasteiger partial charge on any atom is -0.363 e. The highest BCUT2D eigenvalue weighted by molar-refractivity contribution is 7.99. The number of hydrogen-bond donors (Lipinski definition) is 2. The number of amides is 1. The molecule has 1 aromatic rings. The van der Waals surface area contributed by atoms with E-state index < -0.39 is 0 Å². The van der Waals surface area contributed by atoms with Gasteiger partial charge >= 0.3 is 0 Å². The van der Waals surface area contributed by atoms with Crippen LogP contribution in [0.5, 0.6) is 0 Å². The number of nitrogens with zero attached hydrogens (tertiary/aromatic N) is 2. The van der Waals surface area contributed by atoms with Crippen molar-refractivity contribution in [2.75, 3.05) is 31.8 Å². The van der Waals surface area contributed by atoms with Crippen molar-refractivity contribution in [3.63, 3.8) is 0 Å². The first kappa shape index (κ1) is 27.7. The second-order valence-electron chi connectivity index (χ2n) is 10.0. The van der Waals surface area contributed by atoms with Crippen molar-refractivity contribution in [1.82, 2.24) is 20.4 Å². The minimum atomic E-state index is -0.0897. The molecular formula is C26H41ClN4OS2. The van der Waals surface area contributed by atoms with E-state index in [0.717, 1.165) is 61.4 Å². The SMILES string of the molecule is CN(C(=S)[C@@H](CCC1CCCCC1)NC(=O)[C@@H]1CSCN1)C1CCN(Cc2ccccc2)C1.Cl. The summed E-state index contributed by atoms with van der Waals surface area (Å²) in [6, 6.07) is 11.0. The van der Waals surface area contributed by atoms with E-state index in [9.17, 15) is 4.79 Å². The Bertz CT molecular complexity index is 771. The topological polar surface area (TPSA) is 47.6 Å². The zero-order valence-corrected chi connectivity index (χ0v) is 22.9. The first-order valence-electron chi connectivity index (χ1n) is 12.7. The molecule has 3 atom stereocenters. The number of hydrogen-bond acceptors (Lipinski definition) is 5. The fourth-order valence-corrected chi connectivity index (χ4v) is 6.78. The molecule has 1 aliphatic carbocycles. The molecule has 1 unspecified atom stereocenters. The molecule has 34 heavy (non-hydrogen) atoms. The first-order valence-corrected chi connectivity index (χ1v) is 14.3. The highest BCUT2D eigenvalue weighted by Gasteiger charge is 2.32. The Hall–Kier alpha value is -0.860. The van der Waals surface area contributed by atoms with Gasteiger partial charge in [-0.3, -0.25) is 15.0 Å². The Morgan fingerprint density at radius 3 is 2.71 bits per heavy atom. The Kier molecular flexibility index (Phi) is 11.4. The van der Waals surface area contributed by atoms with Crippen LogP contribution in [-0.2, 0) is 11.3 Å². The van der Waals surface area contributed by atoms with Gasteiger partial charge in [-0.2, -0.15) is 0 Å². The second kappa shape index (κ2) is 14.0. The van der Waals surface area contributed by atoms with E-state index in [0.29, 0.717) is 6.04 Å². The summed E-state index contributed by atoms with van der Waals surface area (Å²) in [5.41, 5.74) is 1.36. The summed E-state index contributed by atoms with van der Waals surface area (Å²) in [6.07, 6.45) is 10.00. The molecule has 0 radical (unpaired) electrons. The van der Waals surface area contributed by atoms with Gasteiger partial charge in [-0.1, -0.05) is 74.7 Å². The molecule has 2 saturated heterocycles. The molecular weight excluding hydrogens is 484 g/mol. The Morgan fingerprint density at radius 1 is 1.24 bits per heavy atom. The number of carbonyl (C=O) groups excluding carboxylic acids is 1. The zero-order valence-electron chi connectivity index (χ0n) is 20.4. The van der Waals surface area contributed by atoms with Crippen LogP contribution in [0, 0.1) is 5.92 Å². The van der Waals surface area contributed by atoms with Gasteiger partial charge in [-0.05, 0) is 30.7 Å². The highest BCUT2D eigenvalue weighted by atomic mass is 35.5. The van der Waals surface area contributed by atoms with Crippen molar-refractivity contribution in [1.29, 1.82) is 0 Å². The number of nitrogens with one attached hydrogen (secondary N) is 2. The average Bonchev–Trinajstić information content (AvgIpc) is 3.55. The fraction of sp³-hybridized carbons (Fsp3) is 0.692. The standard InChI is InChI=1S/C26H40N4OS2.ClH/c1-29(22-14-15-30(17-22)16-21-10-6-3-7-11-21)26(32)23(13-12-20-8-4-2-5-9-20)28-25(31)24-18-33-19-27-24;/h3,6-7,10-11,20,22-24,27H,2,4-5,8-9,12-19H2,1H3,(H,28,31);1H/t22?,23-,24+;/m1./s1. The molecule has 2 N–H and O–H groups in total. The van der Waals surface area contributed by atoms with Gasteiger partial charge < -0.3 is 10.2 Å². The van der Waals surface area contributed by atoms with E-state index in [1.165, 1.54) is 37.7 Å². The van der Waals surface area contributed by atoms with Crippen molar-refractivity contribution >= 4 is 47.3 Å². The molecule has 190 valence electrons. The van der Waals surface area contributed by atoms with Crippen LogP contribution in [0.4, 0.5) is 0 Å². The lowest BCUT2D eigenvalue weighted by atomic mass is 9.85. The molecule has 1 saturated carbocycles. The van der Waals surface area contributed by atoms with Crippen molar-refractivity contribution in [2.45, 2.75) is 76.0 Å². The fourth-order valence-electron chi connectivity index (χ4n) is 5.51. The second-order valence-corrected chi connectivity index (χ2v) is 11.5. The molecule has 4 rings (SSSR count). The van der Waals surface area contributed by atoms with E-state index in [1.807, 2.05) is 0 Å². The number of rotatable bonds is 9. The molecule has 3 fully saturated rings. The summed E-state index contributed by atoms with van der Waals surface area (Å²) in [4.78, 5) is 18.7. The van der Waals surface area contributed by atoms with Gasteiger partial charge in [0.1, 0.15) is 4.99 Å². The van der Waals surface area contributed by atoms with Gasteiger partial charge in [0.2, 0.25) is 5.91 Å². The lowest BCUT2D eigenvalue weighted by Crippen LogP contribution is -2.53. The largest absolute Gasteiger partial charge is 0.363 e. The molecule has 0 aromatic heterocycles. The summed E-state index contributed by atoms with van der Waals surface area (Å²) >= 11 is 7.82. The molecule has 3 aliphatic rings. The molecule has 2 heterocycles. The normalized spacial score (nSPS) is 24.4. The summed E-state index contributed by atoms with van der Waals surface area (Å²) in [5, 5.41) is 6.65. The minimum absolute atomic E-state index is 0. The Morgan fingerprint density at radius 2 is 2.00 bits per heavy atom. The van der Waals surface area contributed by atoms with Gasteiger partial charge in [-0.25, -0.2) is 0 Å². The number of likely N-dealkylation sites (tertiary alicyclic amines) is 1. The van der Waals surface area contributed by atoms with Crippen LogP contribution in [0.1, 0.15) is 56.9 Å². The number of benzene rings is 1. The van der Waals surface area contributed by atoms with Crippen LogP contribution < -0.4 is 10.6 Å². The van der Waals surface area contributed by atoms with Crippen molar-refractivity contribution < 1.29 is 4.79 Å². The predicted octanol–water partition coefficient (Wildman–Crippen LogP) is 4.45. The number of thioether (sulfide) groups is 1. The van der Waals surface area contributed by atoms with Gasteiger partial charge in [0.15, 0.2) is 0 Å². The van der Waals surface area contributed by atoms with E-state index in [4.69, 9.17) is 12.2 Å². The van der Waals surface area contributed by atoms with Gasteiger partial charge in [-0.15, -0.1) is 24.2 Å². The molecule has 1 aromatic carbocycles. The molecule has 5 nitrogen and oxygen atoms in total. The van der Waals surface area contributed by atoms with Crippen molar-refractivity contribution in [2.24, 2.45) is 5.92 Å². The molecule has 0 bridgehead atoms. The number of thiocarbonyl (C=S) groups is 1. The van der Waals surface area contributed by atoms with Crippen molar-refractivity contribution in [3.8, 4) is 0 Å². The lowest BCUT2D eigenvalue weighted by molar-refractivity contribution is -0.122. The maximum Gasteiger partial charge on any atom is 0.238 e. The number of carbonyl (C=O) groups is 1. The van der Waals surface area contributed by atoms with Crippen LogP contribution in [0.15, 0.2) is 30.3 Å². The van der Waals surface area contributed by atoms with Crippen LogP contribution >= 0.6 is 36.4 Å². The summed E-state index contributed by atoms with van der Waals surface area (Å²) < 4.78 is 0. The third-order valence-corrected chi connectivity index (χ3v) is 9.14. The van der Waals surface area contributed by atoms with E-state index >= 15 is 0 Å². The number of likely N-dealkylation sites (N-methyl/N-ethyl adjacent to an activating group) is 1. The van der Waals surface area contributed by atoms with E-state index in [1.54, 1.807) is 11.8 Å². The third-order valence-electron chi connectivity index (χ3n) is 7.63. The zero-order chi connectivity index (χ0) is 23.0. The molecule has 2 aliphatic heterocycles. The smallest absolute Gasteiger partial charge is 0.238 e. The third kappa shape index (κ3) is 7.82. The van der Waals surface area contributed by atoms with Gasteiger partial charge in [0.05, 0.1) is 12.1 Å². The molecule has 1 amide bonds. The van der Waals surface area contributed by atoms with Crippen LogP contribution in [-0.4, -0.2) is 70.6 Å². The summed E-state index contributed by atoms with van der Waals surface area (Å²) in [7, 11) is 2.14. The Labute approximate surface area is 221 Å². The van der Waals surface area contributed by atoms with Gasteiger partial charge in [0.25, 0.3) is 0 Å². The van der Waals surface area contributed by atoms with E-state index in [-0.39, 0.29) is 30.4 Å². The summed E-state index contributed by atoms with van der Waals surface area (Å²) in [6.45, 7) is 3.11. The monoisotopic (exact) mass is 524 g/mol. The Balaban J connectivity index is 0.00000324. The van der Waals surface area contributed by atoms with Crippen LogP contribution in [0.3, 0.4) is 0 Å². The average molecular weight is 525 g/mol. The maximum atomic E-state index is 12.9. The highest BCUT2D eigenvalue weighted by Crippen LogP contribution is 2.28.